The molecular weight excluding hydrogens is 218 g/mol. The number of rotatable bonds is 3. The van der Waals surface area contributed by atoms with Crippen molar-refractivity contribution in [2.24, 2.45) is 5.92 Å². The SMILES string of the molecule is COc1cc(CC2CCNCC2)cc(O)c1O. The predicted molar refractivity (Wildman–Crippen MR) is 65.6 cm³/mol. The zero-order valence-electron chi connectivity index (χ0n) is 10.1. The molecule has 0 amide bonds. The largest absolute Gasteiger partial charge is 0.504 e. The first-order chi connectivity index (χ1) is 8.20. The van der Waals surface area contributed by atoms with Crippen molar-refractivity contribution in [3.8, 4) is 17.2 Å². The van der Waals surface area contributed by atoms with E-state index in [0.29, 0.717) is 11.7 Å². The molecule has 17 heavy (non-hydrogen) atoms. The summed E-state index contributed by atoms with van der Waals surface area (Å²) in [6.07, 6.45) is 3.24. The van der Waals surface area contributed by atoms with Crippen molar-refractivity contribution in [3.05, 3.63) is 17.7 Å². The van der Waals surface area contributed by atoms with Crippen molar-refractivity contribution in [3.63, 3.8) is 0 Å². The van der Waals surface area contributed by atoms with Crippen LogP contribution >= 0.6 is 0 Å². The maximum atomic E-state index is 9.60. The van der Waals surface area contributed by atoms with Gasteiger partial charge in [0.15, 0.2) is 11.5 Å². The Bertz CT molecular complexity index is 386. The van der Waals surface area contributed by atoms with Gasteiger partial charge in [-0.2, -0.15) is 0 Å². The first-order valence-corrected chi connectivity index (χ1v) is 6.00. The van der Waals surface area contributed by atoms with Gasteiger partial charge in [0.05, 0.1) is 7.11 Å². The fourth-order valence-electron chi connectivity index (χ4n) is 2.34. The van der Waals surface area contributed by atoms with Gasteiger partial charge in [0.2, 0.25) is 5.75 Å². The van der Waals surface area contributed by atoms with Gasteiger partial charge in [-0.25, -0.2) is 0 Å². The normalized spacial score (nSPS) is 17.0. The lowest BCUT2D eigenvalue weighted by Crippen LogP contribution is -2.28. The third-order valence-corrected chi connectivity index (χ3v) is 3.32. The molecule has 1 aromatic carbocycles. The zero-order chi connectivity index (χ0) is 12.3. The van der Waals surface area contributed by atoms with E-state index in [1.54, 1.807) is 12.1 Å². The Balaban J connectivity index is 2.12. The molecule has 1 saturated heterocycles. The molecule has 2 rings (SSSR count). The number of nitrogens with one attached hydrogen (secondary N) is 1. The molecule has 0 aromatic heterocycles. The topological polar surface area (TPSA) is 61.7 Å². The van der Waals surface area contributed by atoms with E-state index in [4.69, 9.17) is 4.74 Å². The quantitative estimate of drug-likeness (QED) is 0.699. The van der Waals surface area contributed by atoms with Crippen LogP contribution in [0.5, 0.6) is 17.2 Å². The molecule has 0 spiro atoms. The molecule has 4 nitrogen and oxygen atoms in total. The summed E-state index contributed by atoms with van der Waals surface area (Å²) in [5.74, 6) is 0.702. The van der Waals surface area contributed by atoms with Crippen molar-refractivity contribution in [2.75, 3.05) is 20.2 Å². The molecule has 0 radical (unpaired) electrons. The number of hydrogen-bond acceptors (Lipinski definition) is 4. The van der Waals surface area contributed by atoms with Crippen LogP contribution in [-0.4, -0.2) is 30.4 Å². The third kappa shape index (κ3) is 2.82. The Hall–Kier alpha value is -1.42. The van der Waals surface area contributed by atoms with Gasteiger partial charge in [-0.15, -0.1) is 0 Å². The highest BCUT2D eigenvalue weighted by Gasteiger charge is 2.16. The smallest absolute Gasteiger partial charge is 0.200 e. The number of benzene rings is 1. The van der Waals surface area contributed by atoms with E-state index >= 15 is 0 Å². The molecule has 0 atom stereocenters. The van der Waals surface area contributed by atoms with Crippen LogP contribution in [0.3, 0.4) is 0 Å². The molecule has 1 aliphatic heterocycles. The Labute approximate surface area is 101 Å². The number of ether oxygens (including phenoxy) is 1. The van der Waals surface area contributed by atoms with Crippen LogP contribution in [0, 0.1) is 5.92 Å². The first kappa shape index (κ1) is 12.0. The Morgan fingerprint density at radius 1 is 1.29 bits per heavy atom. The predicted octanol–water partition coefficient (Wildman–Crippen LogP) is 1.65. The minimum absolute atomic E-state index is 0.103. The molecule has 0 saturated carbocycles. The van der Waals surface area contributed by atoms with Crippen LogP contribution in [0.25, 0.3) is 0 Å². The van der Waals surface area contributed by atoms with Crippen LogP contribution in [-0.2, 0) is 6.42 Å². The van der Waals surface area contributed by atoms with E-state index in [0.717, 1.165) is 37.9 Å². The Kier molecular flexibility index (Phi) is 3.74. The number of phenolic OH excluding ortho intramolecular Hbond substituents is 2. The second kappa shape index (κ2) is 5.27. The molecule has 1 heterocycles. The van der Waals surface area contributed by atoms with Gasteiger partial charge in [-0.1, -0.05) is 0 Å². The summed E-state index contributed by atoms with van der Waals surface area (Å²) in [6, 6.07) is 3.43. The Morgan fingerprint density at radius 2 is 2.00 bits per heavy atom. The summed E-state index contributed by atoms with van der Waals surface area (Å²) in [6.45, 7) is 2.12. The van der Waals surface area contributed by atoms with Gasteiger partial charge >= 0.3 is 0 Å². The summed E-state index contributed by atoms with van der Waals surface area (Å²) >= 11 is 0. The van der Waals surface area contributed by atoms with Gasteiger partial charge < -0.3 is 20.3 Å². The van der Waals surface area contributed by atoms with E-state index in [1.165, 1.54) is 7.11 Å². The molecular formula is C13H19NO3. The number of piperidine rings is 1. The monoisotopic (exact) mass is 237 g/mol. The molecule has 1 aliphatic rings. The molecule has 0 bridgehead atoms. The minimum atomic E-state index is -0.179. The second-order valence-corrected chi connectivity index (χ2v) is 4.56. The summed E-state index contributed by atoms with van der Waals surface area (Å²) in [7, 11) is 1.49. The first-order valence-electron chi connectivity index (χ1n) is 6.00. The van der Waals surface area contributed by atoms with Crippen molar-refractivity contribution >= 4 is 0 Å². The number of hydrogen-bond donors (Lipinski definition) is 3. The van der Waals surface area contributed by atoms with Crippen LogP contribution < -0.4 is 10.1 Å². The van der Waals surface area contributed by atoms with E-state index < -0.39 is 0 Å². The summed E-state index contributed by atoms with van der Waals surface area (Å²) in [4.78, 5) is 0. The molecule has 0 aliphatic carbocycles. The van der Waals surface area contributed by atoms with Gasteiger partial charge in [0, 0.05) is 0 Å². The Morgan fingerprint density at radius 3 is 2.65 bits per heavy atom. The van der Waals surface area contributed by atoms with Gasteiger partial charge in [-0.05, 0) is 56.0 Å². The van der Waals surface area contributed by atoms with E-state index in [1.807, 2.05) is 0 Å². The maximum Gasteiger partial charge on any atom is 0.200 e. The number of phenols is 2. The minimum Gasteiger partial charge on any atom is -0.504 e. The summed E-state index contributed by atoms with van der Waals surface area (Å²) < 4.78 is 5.03. The molecule has 94 valence electrons. The molecule has 4 heteroatoms. The standard InChI is InChI=1S/C13H19NO3/c1-17-12-8-10(7-11(15)13(12)16)6-9-2-4-14-5-3-9/h7-9,14-16H,2-6H2,1H3. The van der Waals surface area contributed by atoms with Crippen LogP contribution in [0.4, 0.5) is 0 Å². The van der Waals surface area contributed by atoms with Crippen LogP contribution in [0.2, 0.25) is 0 Å². The van der Waals surface area contributed by atoms with E-state index in [2.05, 4.69) is 5.32 Å². The zero-order valence-corrected chi connectivity index (χ0v) is 10.1. The fourth-order valence-corrected chi connectivity index (χ4v) is 2.34. The number of aromatic hydroxyl groups is 2. The summed E-state index contributed by atoms with van der Waals surface area (Å²) in [5, 5.41) is 22.5. The molecule has 3 N–H and O–H groups in total. The van der Waals surface area contributed by atoms with Crippen molar-refractivity contribution in [2.45, 2.75) is 19.3 Å². The number of methoxy groups -OCH3 is 1. The van der Waals surface area contributed by atoms with Crippen LogP contribution in [0.1, 0.15) is 18.4 Å². The summed E-state index contributed by atoms with van der Waals surface area (Å²) in [5.41, 5.74) is 1.02. The average molecular weight is 237 g/mol. The van der Waals surface area contributed by atoms with Gasteiger partial charge in [0.25, 0.3) is 0 Å². The maximum absolute atomic E-state index is 9.60. The molecule has 1 aromatic rings. The lowest BCUT2D eigenvalue weighted by atomic mass is 9.91. The fraction of sp³-hybridized carbons (Fsp3) is 0.538. The van der Waals surface area contributed by atoms with E-state index in [-0.39, 0.29) is 11.5 Å². The highest BCUT2D eigenvalue weighted by Crippen LogP contribution is 2.37. The average Bonchev–Trinajstić information content (AvgIpc) is 2.35. The second-order valence-electron chi connectivity index (χ2n) is 4.56. The van der Waals surface area contributed by atoms with Crippen molar-refractivity contribution in [1.82, 2.24) is 5.32 Å². The van der Waals surface area contributed by atoms with Gasteiger partial charge in [-0.3, -0.25) is 0 Å². The van der Waals surface area contributed by atoms with E-state index in [9.17, 15) is 10.2 Å². The van der Waals surface area contributed by atoms with Crippen molar-refractivity contribution < 1.29 is 14.9 Å². The molecule has 0 unspecified atom stereocenters. The van der Waals surface area contributed by atoms with Crippen molar-refractivity contribution in [1.29, 1.82) is 0 Å². The van der Waals surface area contributed by atoms with Crippen LogP contribution in [0.15, 0.2) is 12.1 Å². The molecule has 1 fully saturated rings. The highest BCUT2D eigenvalue weighted by atomic mass is 16.5. The highest BCUT2D eigenvalue weighted by molar-refractivity contribution is 5.51. The van der Waals surface area contributed by atoms with Gasteiger partial charge in [0.1, 0.15) is 0 Å². The third-order valence-electron chi connectivity index (χ3n) is 3.32. The lowest BCUT2D eigenvalue weighted by Gasteiger charge is -2.22. The lowest BCUT2D eigenvalue weighted by molar-refractivity contribution is 0.346.